The number of benzene rings is 1. The monoisotopic (exact) mass is 408 g/mol. The number of amides is 1. The van der Waals surface area contributed by atoms with Gasteiger partial charge in [-0.2, -0.15) is 0 Å². The Balaban J connectivity index is 1.55. The van der Waals surface area contributed by atoms with Crippen LogP contribution in [0, 0.1) is 13.8 Å². The fraction of sp³-hybridized carbons (Fsp3) is 0.353. The molecule has 0 aliphatic heterocycles. The third-order valence-electron chi connectivity index (χ3n) is 4.00. The third kappa shape index (κ3) is 4.34. The van der Waals surface area contributed by atoms with Crippen molar-refractivity contribution in [1.82, 2.24) is 19.8 Å². The summed E-state index contributed by atoms with van der Waals surface area (Å²) < 4.78 is 33.0. The van der Waals surface area contributed by atoms with E-state index in [2.05, 4.69) is 14.9 Å². The summed E-state index contributed by atoms with van der Waals surface area (Å²) in [5.41, 5.74) is 1.20. The first kappa shape index (κ1) is 19.5. The van der Waals surface area contributed by atoms with Gasteiger partial charge in [-0.3, -0.25) is 4.79 Å². The first-order chi connectivity index (χ1) is 12.8. The van der Waals surface area contributed by atoms with E-state index in [1.54, 1.807) is 18.9 Å². The molecule has 0 bridgehead atoms. The second kappa shape index (κ2) is 7.75. The smallest absolute Gasteiger partial charge is 0.245 e. The van der Waals surface area contributed by atoms with Crippen LogP contribution in [0.25, 0.3) is 10.2 Å². The number of rotatable bonds is 7. The molecular formula is C17H20N4O4S2. The SMILES string of the molecule is Cc1noc(C)c1S(=O)(=O)NCCC(=O)N(C)Cc1nc2ccccc2s1. The molecule has 1 amide bonds. The molecule has 0 aliphatic rings. The molecule has 0 saturated heterocycles. The summed E-state index contributed by atoms with van der Waals surface area (Å²) in [6.07, 6.45) is 0.0456. The summed E-state index contributed by atoms with van der Waals surface area (Å²) >= 11 is 1.54. The van der Waals surface area contributed by atoms with Crippen molar-refractivity contribution in [2.24, 2.45) is 0 Å². The normalized spacial score (nSPS) is 11.8. The Morgan fingerprint density at radius 1 is 1.30 bits per heavy atom. The average Bonchev–Trinajstić information content (AvgIpc) is 3.16. The molecule has 0 fully saturated rings. The largest absolute Gasteiger partial charge is 0.360 e. The van der Waals surface area contributed by atoms with Crippen LogP contribution < -0.4 is 4.72 Å². The van der Waals surface area contributed by atoms with Crippen molar-refractivity contribution in [2.45, 2.75) is 31.7 Å². The molecule has 0 spiro atoms. The van der Waals surface area contributed by atoms with Gasteiger partial charge >= 0.3 is 0 Å². The lowest BCUT2D eigenvalue weighted by Crippen LogP contribution is -2.32. The molecule has 0 atom stereocenters. The van der Waals surface area contributed by atoms with Crippen molar-refractivity contribution in [1.29, 1.82) is 0 Å². The Morgan fingerprint density at radius 2 is 2.04 bits per heavy atom. The lowest BCUT2D eigenvalue weighted by molar-refractivity contribution is -0.130. The van der Waals surface area contributed by atoms with E-state index in [4.69, 9.17) is 4.52 Å². The third-order valence-corrected chi connectivity index (χ3v) is 6.73. The van der Waals surface area contributed by atoms with E-state index in [9.17, 15) is 13.2 Å². The lowest BCUT2D eigenvalue weighted by Gasteiger charge is -2.15. The maximum atomic E-state index is 12.3. The molecule has 10 heteroatoms. The van der Waals surface area contributed by atoms with E-state index in [0.717, 1.165) is 15.2 Å². The first-order valence-corrected chi connectivity index (χ1v) is 10.6. The number of fused-ring (bicyclic) bond motifs is 1. The molecule has 1 aromatic carbocycles. The van der Waals surface area contributed by atoms with Crippen LogP contribution >= 0.6 is 11.3 Å². The standard InChI is InChI=1S/C17H20N4O4S2/c1-11-17(12(2)25-20-11)27(23,24)18-9-8-16(22)21(3)10-15-19-13-6-4-5-7-14(13)26-15/h4-7,18H,8-10H2,1-3H3. The number of carbonyl (C=O) groups is 1. The van der Waals surface area contributed by atoms with Gasteiger partial charge in [-0.25, -0.2) is 18.1 Å². The van der Waals surface area contributed by atoms with Gasteiger partial charge in [0.1, 0.15) is 15.6 Å². The Morgan fingerprint density at radius 3 is 2.70 bits per heavy atom. The Kier molecular flexibility index (Phi) is 5.59. The second-order valence-corrected chi connectivity index (χ2v) is 8.95. The number of para-hydroxylation sites is 1. The van der Waals surface area contributed by atoms with Gasteiger partial charge in [0.25, 0.3) is 0 Å². The van der Waals surface area contributed by atoms with E-state index in [1.165, 1.54) is 18.3 Å². The number of sulfonamides is 1. The van der Waals surface area contributed by atoms with E-state index in [-0.39, 0.29) is 29.5 Å². The van der Waals surface area contributed by atoms with Crippen LogP contribution in [0.2, 0.25) is 0 Å². The van der Waals surface area contributed by atoms with Gasteiger partial charge < -0.3 is 9.42 Å². The zero-order chi connectivity index (χ0) is 19.6. The molecule has 0 radical (unpaired) electrons. The number of aromatic nitrogens is 2. The van der Waals surface area contributed by atoms with Crippen LogP contribution in [0.4, 0.5) is 0 Å². The minimum atomic E-state index is -3.76. The number of carbonyl (C=O) groups excluding carboxylic acids is 1. The van der Waals surface area contributed by atoms with Gasteiger partial charge in [-0.1, -0.05) is 17.3 Å². The van der Waals surface area contributed by atoms with Crippen LogP contribution in [0.15, 0.2) is 33.7 Å². The highest BCUT2D eigenvalue weighted by molar-refractivity contribution is 7.89. The summed E-state index contributed by atoms with van der Waals surface area (Å²) in [7, 11) is -2.09. The first-order valence-electron chi connectivity index (χ1n) is 8.29. The Bertz CT molecular complexity index is 1020. The Labute approximate surface area is 161 Å². The number of nitrogens with zero attached hydrogens (tertiary/aromatic N) is 3. The highest BCUT2D eigenvalue weighted by atomic mass is 32.2. The summed E-state index contributed by atoms with van der Waals surface area (Å²) in [5, 5.41) is 4.48. The molecule has 0 saturated carbocycles. The molecule has 144 valence electrons. The molecule has 0 unspecified atom stereocenters. The fourth-order valence-corrected chi connectivity index (χ4v) is 5.07. The molecule has 27 heavy (non-hydrogen) atoms. The highest BCUT2D eigenvalue weighted by Gasteiger charge is 2.24. The second-order valence-electron chi connectivity index (χ2n) is 6.13. The van der Waals surface area contributed by atoms with E-state index >= 15 is 0 Å². The van der Waals surface area contributed by atoms with E-state index in [0.29, 0.717) is 12.2 Å². The quantitative estimate of drug-likeness (QED) is 0.643. The van der Waals surface area contributed by atoms with Gasteiger partial charge in [0.2, 0.25) is 15.9 Å². The number of thiazole rings is 1. The number of aryl methyl sites for hydroxylation is 2. The van der Waals surface area contributed by atoms with E-state index in [1.807, 2.05) is 24.3 Å². The van der Waals surface area contributed by atoms with Gasteiger partial charge in [0.15, 0.2) is 5.76 Å². The van der Waals surface area contributed by atoms with Crippen molar-refractivity contribution >= 4 is 37.5 Å². The van der Waals surface area contributed by atoms with Crippen LogP contribution in [-0.4, -0.2) is 43.0 Å². The molecule has 2 heterocycles. The molecule has 3 aromatic rings. The molecule has 0 aliphatic carbocycles. The highest BCUT2D eigenvalue weighted by Crippen LogP contribution is 2.22. The number of hydrogen-bond acceptors (Lipinski definition) is 7. The molecule has 2 aromatic heterocycles. The van der Waals surface area contributed by atoms with Crippen molar-refractivity contribution in [2.75, 3.05) is 13.6 Å². The molecule has 8 nitrogen and oxygen atoms in total. The van der Waals surface area contributed by atoms with Crippen molar-refractivity contribution in [3.8, 4) is 0 Å². The zero-order valence-corrected chi connectivity index (χ0v) is 16.9. The lowest BCUT2D eigenvalue weighted by atomic mass is 10.3. The van der Waals surface area contributed by atoms with Crippen molar-refractivity contribution in [3.63, 3.8) is 0 Å². The predicted molar refractivity (Wildman–Crippen MR) is 102 cm³/mol. The number of hydrogen-bond donors (Lipinski definition) is 1. The summed E-state index contributed by atoms with van der Waals surface area (Å²) in [4.78, 5) is 18.4. The molecular weight excluding hydrogens is 388 g/mol. The van der Waals surface area contributed by atoms with E-state index < -0.39 is 10.0 Å². The summed E-state index contributed by atoms with van der Waals surface area (Å²) in [6.45, 7) is 3.47. The van der Waals surface area contributed by atoms with Gasteiger partial charge in [0, 0.05) is 20.0 Å². The Hall–Kier alpha value is -2.30. The fourth-order valence-electron chi connectivity index (χ4n) is 2.69. The van der Waals surface area contributed by atoms with Crippen molar-refractivity contribution < 1.29 is 17.7 Å². The van der Waals surface area contributed by atoms with Gasteiger partial charge in [-0.05, 0) is 26.0 Å². The predicted octanol–water partition coefficient (Wildman–Crippen LogP) is 2.23. The average molecular weight is 409 g/mol. The maximum Gasteiger partial charge on any atom is 0.245 e. The minimum Gasteiger partial charge on any atom is -0.360 e. The van der Waals surface area contributed by atoms with Crippen LogP contribution in [0.3, 0.4) is 0 Å². The van der Waals surface area contributed by atoms with Crippen molar-refractivity contribution in [3.05, 3.63) is 40.7 Å². The topological polar surface area (TPSA) is 105 Å². The molecule has 3 rings (SSSR count). The maximum absolute atomic E-state index is 12.3. The van der Waals surface area contributed by atoms with Gasteiger partial charge in [-0.15, -0.1) is 11.3 Å². The van der Waals surface area contributed by atoms with Crippen LogP contribution in [-0.2, 0) is 21.4 Å². The minimum absolute atomic E-state index is 0.00455. The number of nitrogens with one attached hydrogen (secondary N) is 1. The van der Waals surface area contributed by atoms with Crippen LogP contribution in [0.1, 0.15) is 22.9 Å². The van der Waals surface area contributed by atoms with Crippen LogP contribution in [0.5, 0.6) is 0 Å². The van der Waals surface area contributed by atoms with Gasteiger partial charge in [0.05, 0.1) is 16.8 Å². The zero-order valence-electron chi connectivity index (χ0n) is 15.2. The molecule has 1 N–H and O–H groups in total. The summed E-state index contributed by atoms with van der Waals surface area (Å²) in [5.74, 6) is 0.0509. The summed E-state index contributed by atoms with van der Waals surface area (Å²) in [6, 6.07) is 7.79.